The van der Waals surface area contributed by atoms with Crippen LogP contribution in [0.15, 0.2) is 24.3 Å². The molecule has 2 rings (SSSR count). The van der Waals surface area contributed by atoms with Crippen molar-refractivity contribution in [1.29, 1.82) is 0 Å². The summed E-state index contributed by atoms with van der Waals surface area (Å²) in [7, 11) is 2.00. The van der Waals surface area contributed by atoms with Crippen LogP contribution in [-0.4, -0.2) is 32.7 Å². The number of hydrogen-bond acceptors (Lipinski definition) is 3. The number of imidazole rings is 1. The first kappa shape index (κ1) is 15.7. The van der Waals surface area contributed by atoms with Gasteiger partial charge in [-0.1, -0.05) is 12.1 Å². The predicted octanol–water partition coefficient (Wildman–Crippen LogP) is 2.17. The third-order valence-corrected chi connectivity index (χ3v) is 3.81. The second-order valence-electron chi connectivity index (χ2n) is 5.32. The predicted molar refractivity (Wildman–Crippen MR) is 80.3 cm³/mol. The molecule has 0 aliphatic carbocycles. The maximum Gasteiger partial charge on any atom is 0.123 e. The van der Waals surface area contributed by atoms with Crippen molar-refractivity contribution >= 4 is 0 Å². The fourth-order valence-corrected chi connectivity index (χ4v) is 2.33. The van der Waals surface area contributed by atoms with Crippen LogP contribution in [0.25, 0.3) is 0 Å². The van der Waals surface area contributed by atoms with Crippen molar-refractivity contribution in [2.75, 3.05) is 13.2 Å². The molecule has 0 saturated heterocycles. The fourth-order valence-electron chi connectivity index (χ4n) is 2.33. The number of rotatable bonds is 6. The number of aliphatic hydroxyl groups is 1. The maximum absolute atomic E-state index is 13.0. The van der Waals surface area contributed by atoms with Crippen molar-refractivity contribution in [3.63, 3.8) is 0 Å². The highest BCUT2D eigenvalue weighted by atomic mass is 19.1. The van der Waals surface area contributed by atoms with Crippen molar-refractivity contribution in [2.24, 2.45) is 7.05 Å². The first-order chi connectivity index (χ1) is 10.0. The zero-order chi connectivity index (χ0) is 15.4. The molecule has 2 aromatic rings. The lowest BCUT2D eigenvalue weighted by Crippen LogP contribution is -2.27. The second-order valence-corrected chi connectivity index (χ2v) is 5.32. The number of benzene rings is 1. The van der Waals surface area contributed by atoms with Gasteiger partial charge in [-0.15, -0.1) is 0 Å². The third kappa shape index (κ3) is 3.89. The summed E-state index contributed by atoms with van der Waals surface area (Å²) < 4.78 is 15.0. The highest BCUT2D eigenvalue weighted by Gasteiger charge is 2.13. The van der Waals surface area contributed by atoms with Gasteiger partial charge in [0, 0.05) is 25.8 Å². The molecule has 1 heterocycles. The van der Waals surface area contributed by atoms with Crippen molar-refractivity contribution < 1.29 is 9.50 Å². The van der Waals surface area contributed by atoms with Gasteiger partial charge in [0.2, 0.25) is 0 Å². The molecule has 0 aliphatic heterocycles. The van der Waals surface area contributed by atoms with Crippen LogP contribution in [0.4, 0.5) is 4.39 Å². The molecule has 0 bridgehead atoms. The Labute approximate surface area is 124 Å². The monoisotopic (exact) mass is 291 g/mol. The van der Waals surface area contributed by atoms with E-state index >= 15 is 0 Å². The molecule has 0 spiro atoms. The Balaban J connectivity index is 2.11. The molecule has 5 heteroatoms. The van der Waals surface area contributed by atoms with E-state index in [1.54, 1.807) is 12.1 Å². The maximum atomic E-state index is 13.0. The van der Waals surface area contributed by atoms with E-state index in [2.05, 4.69) is 14.5 Å². The van der Waals surface area contributed by atoms with Crippen LogP contribution in [0.5, 0.6) is 0 Å². The van der Waals surface area contributed by atoms with Gasteiger partial charge in [0.1, 0.15) is 11.6 Å². The van der Waals surface area contributed by atoms with Gasteiger partial charge in [-0.3, -0.25) is 4.90 Å². The summed E-state index contributed by atoms with van der Waals surface area (Å²) in [6.07, 6.45) is 0. The molecule has 4 nitrogen and oxygen atoms in total. The minimum absolute atomic E-state index is 0.0869. The molecule has 0 saturated carbocycles. The first-order valence-electron chi connectivity index (χ1n) is 7.07. The number of hydrogen-bond donors (Lipinski definition) is 1. The van der Waals surface area contributed by atoms with Gasteiger partial charge >= 0.3 is 0 Å². The molecule has 1 aromatic heterocycles. The van der Waals surface area contributed by atoms with Crippen molar-refractivity contribution in [1.82, 2.24) is 14.5 Å². The van der Waals surface area contributed by atoms with E-state index in [0.717, 1.165) is 22.8 Å². The Bertz CT molecular complexity index is 592. The molecule has 114 valence electrons. The number of halogens is 1. The van der Waals surface area contributed by atoms with Gasteiger partial charge in [-0.2, -0.15) is 0 Å². The lowest BCUT2D eigenvalue weighted by Gasteiger charge is -2.21. The van der Waals surface area contributed by atoms with E-state index in [-0.39, 0.29) is 12.4 Å². The second kappa shape index (κ2) is 6.83. The molecule has 0 atom stereocenters. The highest BCUT2D eigenvalue weighted by Crippen LogP contribution is 2.13. The Morgan fingerprint density at radius 2 is 1.86 bits per heavy atom. The highest BCUT2D eigenvalue weighted by molar-refractivity contribution is 5.17. The number of aryl methyl sites for hydroxylation is 1. The lowest BCUT2D eigenvalue weighted by molar-refractivity contribution is 0.180. The normalized spacial score (nSPS) is 11.3. The van der Waals surface area contributed by atoms with Crippen LogP contribution in [0.1, 0.15) is 22.8 Å². The van der Waals surface area contributed by atoms with Gasteiger partial charge in [-0.05, 0) is 31.5 Å². The average Bonchev–Trinajstić information content (AvgIpc) is 2.69. The van der Waals surface area contributed by atoms with Crippen LogP contribution in [0, 0.1) is 19.7 Å². The Morgan fingerprint density at radius 3 is 2.38 bits per heavy atom. The van der Waals surface area contributed by atoms with E-state index in [1.165, 1.54) is 12.1 Å². The van der Waals surface area contributed by atoms with Crippen molar-refractivity contribution in [3.8, 4) is 0 Å². The molecule has 0 unspecified atom stereocenters. The van der Waals surface area contributed by atoms with E-state index in [1.807, 2.05) is 20.9 Å². The molecule has 0 amide bonds. The zero-order valence-electron chi connectivity index (χ0n) is 12.8. The topological polar surface area (TPSA) is 41.3 Å². The SMILES string of the molecule is Cc1nc(CN(CCO)Cc2ccc(F)cc2)n(C)c1C. The van der Waals surface area contributed by atoms with E-state index in [4.69, 9.17) is 0 Å². The summed E-state index contributed by atoms with van der Waals surface area (Å²) in [6.45, 7) is 6.00. The number of aromatic nitrogens is 2. The summed E-state index contributed by atoms with van der Waals surface area (Å²) in [5.41, 5.74) is 3.20. The Hall–Kier alpha value is -1.72. The largest absolute Gasteiger partial charge is 0.395 e. The Morgan fingerprint density at radius 1 is 1.19 bits per heavy atom. The lowest BCUT2D eigenvalue weighted by atomic mass is 10.2. The minimum Gasteiger partial charge on any atom is -0.395 e. The van der Waals surface area contributed by atoms with E-state index in [9.17, 15) is 9.50 Å². The zero-order valence-corrected chi connectivity index (χ0v) is 12.8. The van der Waals surface area contributed by atoms with Crippen LogP contribution in [0.2, 0.25) is 0 Å². The van der Waals surface area contributed by atoms with E-state index in [0.29, 0.717) is 19.6 Å². The summed E-state index contributed by atoms with van der Waals surface area (Å²) in [5, 5.41) is 9.24. The summed E-state index contributed by atoms with van der Waals surface area (Å²) in [4.78, 5) is 6.67. The van der Waals surface area contributed by atoms with Gasteiger partial charge in [0.25, 0.3) is 0 Å². The standard InChI is InChI=1S/C16H22FN3O/c1-12-13(2)19(3)16(18-12)11-20(8-9-21)10-14-4-6-15(17)7-5-14/h4-7,21H,8-11H2,1-3H3. The quantitative estimate of drug-likeness (QED) is 0.887. The van der Waals surface area contributed by atoms with Gasteiger partial charge < -0.3 is 9.67 Å². The molecule has 1 aromatic carbocycles. The van der Waals surface area contributed by atoms with Crippen molar-refractivity contribution in [3.05, 3.63) is 52.9 Å². The van der Waals surface area contributed by atoms with Gasteiger partial charge in [-0.25, -0.2) is 9.37 Å². The first-order valence-corrected chi connectivity index (χ1v) is 7.07. The molecule has 0 aliphatic rings. The molecule has 21 heavy (non-hydrogen) atoms. The molecule has 0 fully saturated rings. The van der Waals surface area contributed by atoms with E-state index < -0.39 is 0 Å². The molecule has 0 radical (unpaired) electrons. The third-order valence-electron chi connectivity index (χ3n) is 3.81. The Kier molecular flexibility index (Phi) is 5.09. The summed E-state index contributed by atoms with van der Waals surface area (Å²) >= 11 is 0. The van der Waals surface area contributed by atoms with Crippen LogP contribution in [0.3, 0.4) is 0 Å². The van der Waals surface area contributed by atoms with Crippen LogP contribution >= 0.6 is 0 Å². The average molecular weight is 291 g/mol. The summed E-state index contributed by atoms with van der Waals surface area (Å²) in [6, 6.07) is 6.46. The molecular formula is C16H22FN3O. The van der Waals surface area contributed by atoms with Crippen LogP contribution < -0.4 is 0 Å². The summed E-state index contributed by atoms with van der Waals surface area (Å²) in [5.74, 6) is 0.739. The fraction of sp³-hybridized carbons (Fsp3) is 0.438. The molecule has 1 N–H and O–H groups in total. The van der Waals surface area contributed by atoms with Gasteiger partial charge in [0.05, 0.1) is 18.8 Å². The van der Waals surface area contributed by atoms with Crippen LogP contribution in [-0.2, 0) is 20.1 Å². The smallest absolute Gasteiger partial charge is 0.123 e. The minimum atomic E-state index is -0.234. The number of aliphatic hydroxyl groups excluding tert-OH is 1. The van der Waals surface area contributed by atoms with Gasteiger partial charge in [0.15, 0.2) is 0 Å². The number of nitrogens with zero attached hydrogens (tertiary/aromatic N) is 3. The molecular weight excluding hydrogens is 269 g/mol. The van der Waals surface area contributed by atoms with Crippen molar-refractivity contribution in [2.45, 2.75) is 26.9 Å².